The van der Waals surface area contributed by atoms with E-state index in [4.69, 9.17) is 11.6 Å². The summed E-state index contributed by atoms with van der Waals surface area (Å²) < 4.78 is 28.7. The molecule has 1 aliphatic rings. The number of nitrogens with zero attached hydrogens (tertiary/aromatic N) is 2. The molecule has 1 heterocycles. The van der Waals surface area contributed by atoms with Crippen LogP contribution in [-0.2, 0) is 15.9 Å². The molecule has 0 aliphatic heterocycles. The summed E-state index contributed by atoms with van der Waals surface area (Å²) in [5.41, 5.74) is 0.888. The van der Waals surface area contributed by atoms with Crippen molar-refractivity contribution in [2.45, 2.75) is 42.6 Å². The molecule has 1 fully saturated rings. The maximum Gasteiger partial charge on any atom is 0.244 e. The van der Waals surface area contributed by atoms with Crippen molar-refractivity contribution in [3.8, 4) is 0 Å². The van der Waals surface area contributed by atoms with Gasteiger partial charge in [-0.15, -0.1) is 11.6 Å². The number of hydrogen-bond donors (Lipinski definition) is 0. The highest BCUT2D eigenvalue weighted by molar-refractivity contribution is 7.98. The van der Waals surface area contributed by atoms with E-state index in [9.17, 15) is 8.42 Å². The van der Waals surface area contributed by atoms with Crippen molar-refractivity contribution in [1.29, 1.82) is 0 Å². The maximum absolute atomic E-state index is 12.6. The minimum atomic E-state index is -3.44. The van der Waals surface area contributed by atoms with Crippen LogP contribution in [0, 0.1) is 0 Å². The van der Waals surface area contributed by atoms with E-state index >= 15 is 0 Å². The number of alkyl halides is 1. The molecule has 2 rings (SSSR count). The van der Waals surface area contributed by atoms with Gasteiger partial charge in [0, 0.05) is 36.8 Å². The molecule has 0 bridgehead atoms. The van der Waals surface area contributed by atoms with Gasteiger partial charge in [-0.2, -0.15) is 16.1 Å². The number of thioether (sulfide) groups is 1. The first-order valence-electron chi connectivity index (χ1n) is 6.65. The third-order valence-electron chi connectivity index (χ3n) is 3.69. The van der Waals surface area contributed by atoms with Crippen LogP contribution >= 0.6 is 23.4 Å². The van der Waals surface area contributed by atoms with Crippen molar-refractivity contribution in [1.82, 2.24) is 8.87 Å². The van der Waals surface area contributed by atoms with E-state index in [2.05, 4.69) is 0 Å². The molecule has 1 aromatic rings. The number of aromatic nitrogens is 1. The number of sulfonamides is 1. The molecular weight excluding hydrogens is 316 g/mol. The lowest BCUT2D eigenvalue weighted by Crippen LogP contribution is -2.36. The predicted molar refractivity (Wildman–Crippen MR) is 85.1 cm³/mol. The summed E-state index contributed by atoms with van der Waals surface area (Å²) in [5, 5.41) is 0. The van der Waals surface area contributed by atoms with Crippen LogP contribution in [0.4, 0.5) is 0 Å². The van der Waals surface area contributed by atoms with Gasteiger partial charge in [0.2, 0.25) is 10.0 Å². The molecule has 1 aromatic heterocycles. The average Bonchev–Trinajstić information content (AvgIpc) is 3.16. The summed E-state index contributed by atoms with van der Waals surface area (Å²) in [6.45, 7) is 1.92. The van der Waals surface area contributed by atoms with E-state index in [1.165, 1.54) is 4.31 Å². The van der Waals surface area contributed by atoms with Crippen molar-refractivity contribution >= 4 is 33.4 Å². The monoisotopic (exact) mass is 336 g/mol. The van der Waals surface area contributed by atoms with Crippen LogP contribution in [-0.4, -0.2) is 42.4 Å². The van der Waals surface area contributed by atoms with Gasteiger partial charge in [-0.1, -0.05) is 0 Å². The Hall–Kier alpha value is -0.170. The number of rotatable bonds is 7. The van der Waals surface area contributed by atoms with Crippen molar-refractivity contribution < 1.29 is 8.42 Å². The molecule has 0 aromatic carbocycles. The zero-order valence-corrected chi connectivity index (χ0v) is 14.4. The standard InChI is InChI=1S/C13H21ClN2O2S2/c1-10(9-19-3)15(2)20(17,18)13-6-12(7-14)16(8-13)11-4-5-11/h6,8,10-11H,4-5,7,9H2,1-3H3. The Balaban J connectivity index is 2.29. The Kier molecular flexibility index (Phi) is 5.10. The zero-order chi connectivity index (χ0) is 14.9. The molecule has 4 nitrogen and oxygen atoms in total. The minimum Gasteiger partial charge on any atom is -0.346 e. The van der Waals surface area contributed by atoms with Gasteiger partial charge < -0.3 is 4.57 Å². The lowest BCUT2D eigenvalue weighted by atomic mass is 10.4. The molecule has 0 saturated heterocycles. The molecule has 0 N–H and O–H groups in total. The highest BCUT2D eigenvalue weighted by Gasteiger charge is 2.31. The van der Waals surface area contributed by atoms with Gasteiger partial charge >= 0.3 is 0 Å². The topological polar surface area (TPSA) is 42.3 Å². The van der Waals surface area contributed by atoms with E-state index in [1.807, 2.05) is 17.7 Å². The van der Waals surface area contributed by atoms with Gasteiger partial charge in [-0.25, -0.2) is 8.42 Å². The SMILES string of the molecule is CSCC(C)N(C)S(=O)(=O)c1cc(CCl)n(C2CC2)c1. The van der Waals surface area contributed by atoms with E-state index in [0.29, 0.717) is 16.8 Å². The van der Waals surface area contributed by atoms with Crippen molar-refractivity contribution in [2.75, 3.05) is 19.1 Å². The van der Waals surface area contributed by atoms with Gasteiger partial charge in [0.1, 0.15) is 4.90 Å². The molecule has 1 aliphatic carbocycles. The molecule has 7 heteroatoms. The molecule has 114 valence electrons. The Morgan fingerprint density at radius 2 is 2.20 bits per heavy atom. The summed E-state index contributed by atoms with van der Waals surface area (Å²) in [5.74, 6) is 1.12. The van der Waals surface area contributed by atoms with Crippen LogP contribution in [0.5, 0.6) is 0 Å². The van der Waals surface area contributed by atoms with Crippen LogP contribution in [0.2, 0.25) is 0 Å². The summed E-state index contributed by atoms with van der Waals surface area (Å²) in [7, 11) is -1.79. The van der Waals surface area contributed by atoms with Crippen molar-refractivity contribution in [3.05, 3.63) is 18.0 Å². The summed E-state index contributed by atoms with van der Waals surface area (Å²) in [6, 6.07) is 2.11. The van der Waals surface area contributed by atoms with Gasteiger partial charge in [-0.05, 0) is 32.1 Å². The van der Waals surface area contributed by atoms with Crippen molar-refractivity contribution in [2.24, 2.45) is 0 Å². The lowest BCUT2D eigenvalue weighted by molar-refractivity contribution is 0.415. The molecule has 1 atom stereocenters. The first kappa shape index (κ1) is 16.2. The highest BCUT2D eigenvalue weighted by Crippen LogP contribution is 2.38. The first-order valence-corrected chi connectivity index (χ1v) is 10.0. The first-order chi connectivity index (χ1) is 9.41. The van der Waals surface area contributed by atoms with Gasteiger partial charge in [0.25, 0.3) is 0 Å². The molecule has 20 heavy (non-hydrogen) atoms. The highest BCUT2D eigenvalue weighted by atomic mass is 35.5. The van der Waals surface area contributed by atoms with E-state index < -0.39 is 10.0 Å². The summed E-state index contributed by atoms with van der Waals surface area (Å²) in [6.07, 6.45) is 5.94. The number of hydrogen-bond acceptors (Lipinski definition) is 3. The third-order valence-corrected chi connectivity index (χ3v) is 6.72. The number of halogens is 1. The normalized spacial score (nSPS) is 17.6. The predicted octanol–water partition coefficient (Wildman–Crippen LogP) is 2.93. The Bertz CT molecular complexity index is 567. The van der Waals surface area contributed by atoms with Crippen LogP contribution < -0.4 is 0 Å². The van der Waals surface area contributed by atoms with Crippen LogP contribution in [0.25, 0.3) is 0 Å². The quantitative estimate of drug-likeness (QED) is 0.719. The van der Waals surface area contributed by atoms with E-state index in [1.54, 1.807) is 31.1 Å². The fraction of sp³-hybridized carbons (Fsp3) is 0.692. The van der Waals surface area contributed by atoms with Crippen LogP contribution in [0.15, 0.2) is 17.2 Å². The summed E-state index contributed by atoms with van der Waals surface area (Å²) in [4.78, 5) is 0.357. The lowest BCUT2D eigenvalue weighted by Gasteiger charge is -2.23. The largest absolute Gasteiger partial charge is 0.346 e. The van der Waals surface area contributed by atoms with E-state index in [0.717, 1.165) is 24.3 Å². The third kappa shape index (κ3) is 3.18. The zero-order valence-electron chi connectivity index (χ0n) is 12.0. The Labute approximate surface area is 130 Å². The van der Waals surface area contributed by atoms with Crippen molar-refractivity contribution in [3.63, 3.8) is 0 Å². The molecule has 0 spiro atoms. The minimum absolute atomic E-state index is 0.0290. The van der Waals surface area contributed by atoms with E-state index in [-0.39, 0.29) is 6.04 Å². The molecule has 0 radical (unpaired) electrons. The molecule has 1 unspecified atom stereocenters. The second-order valence-electron chi connectivity index (χ2n) is 5.26. The van der Waals surface area contributed by atoms with Gasteiger partial charge in [0.05, 0.1) is 5.88 Å². The average molecular weight is 337 g/mol. The Morgan fingerprint density at radius 3 is 2.70 bits per heavy atom. The molecule has 0 amide bonds. The summed E-state index contributed by atoms with van der Waals surface area (Å²) >= 11 is 7.57. The smallest absolute Gasteiger partial charge is 0.244 e. The van der Waals surface area contributed by atoms with Gasteiger partial charge in [-0.3, -0.25) is 0 Å². The fourth-order valence-electron chi connectivity index (χ4n) is 2.19. The molecule has 1 saturated carbocycles. The fourth-order valence-corrected chi connectivity index (χ4v) is 4.61. The van der Waals surface area contributed by atoms with Crippen LogP contribution in [0.1, 0.15) is 31.5 Å². The van der Waals surface area contributed by atoms with Crippen LogP contribution in [0.3, 0.4) is 0 Å². The van der Waals surface area contributed by atoms with Gasteiger partial charge in [0.15, 0.2) is 0 Å². The second kappa shape index (κ2) is 6.30. The maximum atomic E-state index is 12.6. The second-order valence-corrected chi connectivity index (χ2v) is 8.44. The Morgan fingerprint density at radius 1 is 1.55 bits per heavy atom. The molecular formula is C13H21ClN2O2S2.